The van der Waals surface area contributed by atoms with Crippen molar-refractivity contribution in [3.63, 3.8) is 0 Å². The van der Waals surface area contributed by atoms with Crippen molar-refractivity contribution in [3.05, 3.63) is 70.7 Å². The van der Waals surface area contributed by atoms with E-state index in [1.807, 2.05) is 19.1 Å². The first-order chi connectivity index (χ1) is 13.1. The van der Waals surface area contributed by atoms with E-state index in [2.05, 4.69) is 27.6 Å². The second kappa shape index (κ2) is 10.8. The maximum atomic E-state index is 11.7. The number of hydrogen-bond acceptors (Lipinski definition) is 6. The van der Waals surface area contributed by atoms with Crippen LogP contribution >= 0.6 is 15.9 Å². The van der Waals surface area contributed by atoms with Gasteiger partial charge in [0, 0.05) is 4.47 Å². The SMILES string of the molecule is C=CC.COc1ccc(CN(N)/N=C(\N)c2c(Br)cccc2S(N)(=O)=O)cc1. The zero-order valence-corrected chi connectivity index (χ0v) is 18.1. The number of hydrogen-bond donors (Lipinski definition) is 3. The van der Waals surface area contributed by atoms with Crippen molar-refractivity contribution < 1.29 is 13.2 Å². The smallest absolute Gasteiger partial charge is 0.238 e. The number of nitrogens with zero attached hydrogens (tertiary/aromatic N) is 2. The maximum Gasteiger partial charge on any atom is 0.238 e. The summed E-state index contributed by atoms with van der Waals surface area (Å²) >= 11 is 3.26. The summed E-state index contributed by atoms with van der Waals surface area (Å²) in [6.45, 7) is 5.51. The predicted molar refractivity (Wildman–Crippen MR) is 115 cm³/mol. The summed E-state index contributed by atoms with van der Waals surface area (Å²) in [4.78, 5) is -0.138. The minimum atomic E-state index is -3.97. The van der Waals surface area contributed by atoms with E-state index in [1.165, 1.54) is 12.1 Å². The van der Waals surface area contributed by atoms with E-state index < -0.39 is 10.0 Å². The fourth-order valence-electron chi connectivity index (χ4n) is 2.13. The van der Waals surface area contributed by atoms with Gasteiger partial charge in [0.05, 0.1) is 24.1 Å². The Labute approximate surface area is 173 Å². The van der Waals surface area contributed by atoms with Crippen LogP contribution < -0.4 is 21.5 Å². The second-order valence-electron chi connectivity index (χ2n) is 5.50. The highest BCUT2D eigenvalue weighted by molar-refractivity contribution is 9.10. The molecule has 0 aliphatic rings. The lowest BCUT2D eigenvalue weighted by Gasteiger charge is -2.15. The minimum Gasteiger partial charge on any atom is -0.497 e. The maximum absolute atomic E-state index is 11.7. The average molecular weight is 470 g/mol. The number of hydrazone groups is 1. The molecule has 2 rings (SSSR count). The van der Waals surface area contributed by atoms with Crippen molar-refractivity contribution in [1.82, 2.24) is 5.12 Å². The number of halogens is 1. The Morgan fingerprint density at radius 3 is 2.36 bits per heavy atom. The largest absolute Gasteiger partial charge is 0.497 e. The molecule has 2 aromatic rings. The van der Waals surface area contributed by atoms with Crippen LogP contribution in [0, 0.1) is 0 Å². The lowest BCUT2D eigenvalue weighted by Crippen LogP contribution is -2.30. The molecule has 0 amide bonds. The fourth-order valence-corrected chi connectivity index (χ4v) is 3.60. The molecule has 152 valence electrons. The average Bonchev–Trinajstić information content (AvgIpc) is 2.61. The molecule has 2 aromatic carbocycles. The second-order valence-corrected chi connectivity index (χ2v) is 7.88. The summed E-state index contributed by atoms with van der Waals surface area (Å²) in [7, 11) is -2.39. The van der Waals surface area contributed by atoms with Crippen LogP contribution in [-0.2, 0) is 16.6 Å². The van der Waals surface area contributed by atoms with Gasteiger partial charge in [-0.05, 0) is 52.7 Å². The molecule has 28 heavy (non-hydrogen) atoms. The van der Waals surface area contributed by atoms with E-state index in [9.17, 15) is 8.42 Å². The molecular weight excluding hydrogens is 446 g/mol. The Balaban J connectivity index is 0.00000122. The van der Waals surface area contributed by atoms with Gasteiger partial charge in [-0.15, -0.1) is 11.7 Å². The first kappa shape index (κ1) is 23.6. The third-order valence-electron chi connectivity index (χ3n) is 3.28. The molecule has 0 unspecified atom stereocenters. The van der Waals surface area contributed by atoms with Gasteiger partial charge in [-0.3, -0.25) is 0 Å². The number of benzene rings is 2. The minimum absolute atomic E-state index is 0.0764. The molecule has 0 heterocycles. The van der Waals surface area contributed by atoms with Crippen LogP contribution in [0.1, 0.15) is 18.1 Å². The Bertz CT molecular complexity index is 931. The van der Waals surface area contributed by atoms with Crippen LogP contribution in [0.25, 0.3) is 0 Å². The monoisotopic (exact) mass is 469 g/mol. The molecule has 0 fully saturated rings. The van der Waals surface area contributed by atoms with Gasteiger partial charge in [0.15, 0.2) is 5.84 Å². The van der Waals surface area contributed by atoms with Gasteiger partial charge in [-0.2, -0.15) is 0 Å². The summed E-state index contributed by atoms with van der Waals surface area (Å²) in [5.74, 6) is 6.51. The molecule has 0 aromatic heterocycles. The molecule has 0 spiro atoms. The predicted octanol–water partition coefficient (Wildman–Crippen LogP) is 2.29. The molecule has 0 aliphatic heterocycles. The van der Waals surface area contributed by atoms with Gasteiger partial charge in [0.25, 0.3) is 0 Å². The first-order valence-corrected chi connectivity index (χ1v) is 10.4. The lowest BCUT2D eigenvalue weighted by atomic mass is 10.2. The number of ether oxygens (including phenoxy) is 1. The number of amidine groups is 1. The Morgan fingerprint density at radius 2 is 1.86 bits per heavy atom. The van der Waals surface area contributed by atoms with Crippen molar-refractivity contribution in [2.45, 2.75) is 18.4 Å². The topological polar surface area (TPSA) is 137 Å². The van der Waals surface area contributed by atoms with Crippen molar-refractivity contribution in [3.8, 4) is 5.75 Å². The van der Waals surface area contributed by atoms with Crippen LogP contribution in [0.3, 0.4) is 0 Å². The van der Waals surface area contributed by atoms with E-state index in [1.54, 1.807) is 31.4 Å². The van der Waals surface area contributed by atoms with Crippen molar-refractivity contribution in [1.29, 1.82) is 0 Å². The first-order valence-electron chi connectivity index (χ1n) is 8.02. The zero-order valence-electron chi connectivity index (χ0n) is 15.7. The van der Waals surface area contributed by atoms with Gasteiger partial charge in [-0.25, -0.2) is 24.5 Å². The highest BCUT2D eigenvalue weighted by Crippen LogP contribution is 2.23. The van der Waals surface area contributed by atoms with Crippen LogP contribution in [-0.4, -0.2) is 26.5 Å². The molecule has 8 nitrogen and oxygen atoms in total. The quantitative estimate of drug-likeness (QED) is 0.195. The fraction of sp³-hybridized carbons (Fsp3) is 0.167. The summed E-state index contributed by atoms with van der Waals surface area (Å²) in [5, 5.41) is 10.4. The molecule has 6 N–H and O–H groups in total. The van der Waals surface area contributed by atoms with Gasteiger partial charge >= 0.3 is 0 Å². The number of nitrogens with two attached hydrogens (primary N) is 3. The van der Waals surface area contributed by atoms with Crippen molar-refractivity contribution >= 4 is 31.8 Å². The summed E-state index contributed by atoms with van der Waals surface area (Å²) in [6.07, 6.45) is 1.75. The number of sulfonamides is 1. The highest BCUT2D eigenvalue weighted by Gasteiger charge is 2.19. The molecule has 10 heteroatoms. The molecular formula is C18H24BrN5O3S. The summed E-state index contributed by atoms with van der Waals surface area (Å²) in [6, 6.07) is 11.8. The number of rotatable bonds is 6. The number of methoxy groups -OCH3 is 1. The van der Waals surface area contributed by atoms with Crippen LogP contribution in [0.2, 0.25) is 0 Å². The third-order valence-corrected chi connectivity index (χ3v) is 4.89. The van der Waals surface area contributed by atoms with E-state index in [0.717, 1.165) is 16.4 Å². The van der Waals surface area contributed by atoms with Gasteiger partial charge in [0.2, 0.25) is 10.0 Å². The van der Waals surface area contributed by atoms with E-state index >= 15 is 0 Å². The summed E-state index contributed by atoms with van der Waals surface area (Å²) < 4.78 is 29.0. The molecule has 0 saturated carbocycles. The van der Waals surface area contributed by atoms with E-state index in [4.69, 9.17) is 21.5 Å². The van der Waals surface area contributed by atoms with Crippen LogP contribution in [0.4, 0.5) is 0 Å². The Hall–Kier alpha value is -2.40. The number of allylic oxidation sites excluding steroid dienone is 1. The summed E-state index contributed by atoms with van der Waals surface area (Å²) in [5.41, 5.74) is 6.99. The standard InChI is InChI=1S/C15H18BrN5O3S.C3H6/c1-24-11-7-5-10(6-8-11)9-21(18)20-15(17)14-12(16)3-2-4-13(14)25(19,22)23;1-3-2/h2-8H,9,18H2,1H3,(H2,17,20)(H2,19,22,23);3H,1H2,2H3. The van der Waals surface area contributed by atoms with Gasteiger partial charge < -0.3 is 10.5 Å². The van der Waals surface area contributed by atoms with Crippen LogP contribution in [0.5, 0.6) is 5.75 Å². The normalized spacial score (nSPS) is 11.2. The van der Waals surface area contributed by atoms with Crippen LogP contribution in [0.15, 0.2) is 69.6 Å². The third kappa shape index (κ3) is 6.97. The molecule has 0 radical (unpaired) electrons. The van der Waals surface area contributed by atoms with E-state index in [0.29, 0.717) is 4.47 Å². The zero-order chi connectivity index (χ0) is 21.3. The Kier molecular flexibility index (Phi) is 9.13. The van der Waals surface area contributed by atoms with Crippen molar-refractivity contribution in [2.75, 3.05) is 7.11 Å². The number of hydrazine groups is 1. The molecule has 0 saturated heterocycles. The Morgan fingerprint density at radius 1 is 1.29 bits per heavy atom. The number of primary sulfonamides is 1. The molecule has 0 bridgehead atoms. The lowest BCUT2D eigenvalue weighted by molar-refractivity contribution is 0.290. The van der Waals surface area contributed by atoms with Gasteiger partial charge in [0.1, 0.15) is 5.75 Å². The molecule has 0 atom stereocenters. The van der Waals surface area contributed by atoms with E-state index in [-0.39, 0.29) is 22.8 Å². The molecule has 0 aliphatic carbocycles. The highest BCUT2D eigenvalue weighted by atomic mass is 79.9. The van der Waals surface area contributed by atoms with Gasteiger partial charge in [-0.1, -0.05) is 24.3 Å². The van der Waals surface area contributed by atoms with Crippen molar-refractivity contribution in [2.24, 2.45) is 21.8 Å².